The SMILES string of the molecule is N#Cc1c2ccccc2cc2c(-c3cc4ccccc4s3)nnc(C(F)(F)F)c12. The van der Waals surface area contributed by atoms with Crippen molar-refractivity contribution >= 4 is 43.0 Å². The van der Waals surface area contributed by atoms with E-state index in [1.54, 1.807) is 30.3 Å². The lowest BCUT2D eigenvalue weighted by atomic mass is 9.95. The molecule has 7 heteroatoms. The lowest BCUT2D eigenvalue weighted by Gasteiger charge is -2.14. The number of nitriles is 1. The smallest absolute Gasteiger partial charge is 0.192 e. The second-order valence-electron chi connectivity index (χ2n) is 6.55. The summed E-state index contributed by atoms with van der Waals surface area (Å²) in [6, 6.07) is 20.1. The van der Waals surface area contributed by atoms with Gasteiger partial charge in [0.15, 0.2) is 5.69 Å². The van der Waals surface area contributed by atoms with Gasteiger partial charge in [-0.15, -0.1) is 21.5 Å². The van der Waals surface area contributed by atoms with Crippen molar-refractivity contribution in [2.45, 2.75) is 6.18 Å². The van der Waals surface area contributed by atoms with E-state index in [4.69, 9.17) is 0 Å². The molecule has 140 valence electrons. The zero-order valence-electron chi connectivity index (χ0n) is 14.7. The van der Waals surface area contributed by atoms with Gasteiger partial charge in [0.25, 0.3) is 0 Å². The van der Waals surface area contributed by atoms with Crippen molar-refractivity contribution in [3.05, 3.63) is 71.9 Å². The molecular formula is C22H10F3N3S. The fraction of sp³-hybridized carbons (Fsp3) is 0.0455. The van der Waals surface area contributed by atoms with E-state index in [0.29, 0.717) is 21.3 Å². The first-order chi connectivity index (χ1) is 14.0. The molecule has 0 spiro atoms. The highest BCUT2D eigenvalue weighted by Crippen LogP contribution is 2.42. The van der Waals surface area contributed by atoms with Crippen molar-refractivity contribution < 1.29 is 13.2 Å². The predicted octanol–water partition coefficient (Wildman–Crippen LogP) is 6.56. The van der Waals surface area contributed by atoms with Gasteiger partial charge in [0.1, 0.15) is 11.8 Å². The van der Waals surface area contributed by atoms with E-state index in [-0.39, 0.29) is 16.3 Å². The first-order valence-electron chi connectivity index (χ1n) is 8.66. The summed E-state index contributed by atoms with van der Waals surface area (Å²) >= 11 is 1.43. The van der Waals surface area contributed by atoms with Gasteiger partial charge in [0.2, 0.25) is 0 Å². The van der Waals surface area contributed by atoms with Gasteiger partial charge in [-0.25, -0.2) is 0 Å². The lowest BCUT2D eigenvalue weighted by molar-refractivity contribution is -0.140. The maximum atomic E-state index is 13.7. The molecule has 0 atom stereocenters. The van der Waals surface area contributed by atoms with E-state index in [9.17, 15) is 18.4 Å². The summed E-state index contributed by atoms with van der Waals surface area (Å²) in [5.41, 5.74) is -0.834. The minimum Gasteiger partial charge on any atom is -0.192 e. The van der Waals surface area contributed by atoms with Crippen LogP contribution in [0.25, 0.3) is 42.2 Å². The van der Waals surface area contributed by atoms with E-state index in [1.807, 2.05) is 36.4 Å². The third-order valence-corrected chi connectivity index (χ3v) is 5.95. The predicted molar refractivity (Wildman–Crippen MR) is 108 cm³/mol. The van der Waals surface area contributed by atoms with Crippen molar-refractivity contribution in [2.75, 3.05) is 0 Å². The number of alkyl halides is 3. The van der Waals surface area contributed by atoms with Crippen LogP contribution in [0.2, 0.25) is 0 Å². The molecule has 5 rings (SSSR count). The highest BCUT2D eigenvalue weighted by Gasteiger charge is 2.37. The van der Waals surface area contributed by atoms with Crippen LogP contribution < -0.4 is 0 Å². The number of hydrogen-bond acceptors (Lipinski definition) is 4. The Labute approximate surface area is 166 Å². The van der Waals surface area contributed by atoms with Crippen molar-refractivity contribution in [1.82, 2.24) is 10.2 Å². The molecule has 2 aromatic heterocycles. The third kappa shape index (κ3) is 2.72. The zero-order chi connectivity index (χ0) is 20.2. The Morgan fingerprint density at radius 2 is 1.59 bits per heavy atom. The minimum atomic E-state index is -4.72. The van der Waals surface area contributed by atoms with Gasteiger partial charge in [0, 0.05) is 20.9 Å². The second-order valence-corrected chi connectivity index (χ2v) is 7.63. The van der Waals surface area contributed by atoms with E-state index < -0.39 is 11.9 Å². The average molecular weight is 405 g/mol. The molecular weight excluding hydrogens is 395 g/mol. The van der Waals surface area contributed by atoms with Crippen LogP contribution in [0.5, 0.6) is 0 Å². The number of rotatable bonds is 1. The molecule has 0 aliphatic carbocycles. The molecule has 0 N–H and O–H groups in total. The molecule has 0 unspecified atom stereocenters. The number of benzene rings is 3. The number of thiophene rings is 1. The maximum Gasteiger partial charge on any atom is 0.435 e. The van der Waals surface area contributed by atoms with Gasteiger partial charge in [0.05, 0.1) is 10.4 Å². The lowest BCUT2D eigenvalue weighted by Crippen LogP contribution is -2.11. The molecule has 3 nitrogen and oxygen atoms in total. The van der Waals surface area contributed by atoms with E-state index in [0.717, 1.165) is 10.1 Å². The number of halogens is 3. The van der Waals surface area contributed by atoms with E-state index in [2.05, 4.69) is 10.2 Å². The number of nitrogens with zero attached hydrogens (tertiary/aromatic N) is 3. The summed E-state index contributed by atoms with van der Waals surface area (Å²) in [5.74, 6) is 0. The third-order valence-electron chi connectivity index (χ3n) is 4.83. The first kappa shape index (κ1) is 17.6. The van der Waals surface area contributed by atoms with Crippen LogP contribution in [0.4, 0.5) is 13.2 Å². The molecule has 0 aliphatic heterocycles. The first-order valence-corrected chi connectivity index (χ1v) is 9.47. The molecule has 29 heavy (non-hydrogen) atoms. The topological polar surface area (TPSA) is 49.6 Å². The molecule has 5 aromatic rings. The molecule has 2 heterocycles. The Hall–Kier alpha value is -3.50. The molecule has 0 aliphatic rings. The van der Waals surface area contributed by atoms with Gasteiger partial charge < -0.3 is 0 Å². The van der Waals surface area contributed by atoms with Crippen molar-refractivity contribution in [2.24, 2.45) is 0 Å². The fourth-order valence-electron chi connectivity index (χ4n) is 3.58. The number of aromatic nitrogens is 2. The summed E-state index contributed by atoms with van der Waals surface area (Å²) in [5, 5.41) is 19.4. The summed E-state index contributed by atoms with van der Waals surface area (Å²) < 4.78 is 42.2. The molecule has 0 radical (unpaired) electrons. The van der Waals surface area contributed by atoms with Gasteiger partial charge in [-0.3, -0.25) is 0 Å². The minimum absolute atomic E-state index is 0.0392. The van der Waals surface area contributed by atoms with Gasteiger partial charge in [-0.05, 0) is 29.0 Å². The quantitative estimate of drug-likeness (QED) is 0.297. The Morgan fingerprint density at radius 3 is 2.31 bits per heavy atom. The van der Waals surface area contributed by atoms with E-state index in [1.165, 1.54) is 11.3 Å². The fourth-order valence-corrected chi connectivity index (χ4v) is 4.64. The van der Waals surface area contributed by atoms with Gasteiger partial charge in [-0.1, -0.05) is 42.5 Å². The van der Waals surface area contributed by atoms with Gasteiger partial charge in [-0.2, -0.15) is 18.4 Å². The summed E-state index contributed by atoms with van der Waals surface area (Å²) in [6.45, 7) is 0. The number of hydrogen-bond donors (Lipinski definition) is 0. The summed E-state index contributed by atoms with van der Waals surface area (Å²) in [4.78, 5) is 0.705. The standard InChI is InChI=1S/C22H10F3N3S/c23-22(24,25)21-19-15(9-12-5-1-3-7-14(12)16(19)11-26)20(27-28-21)18-10-13-6-2-4-8-17(13)29-18/h1-10H. The van der Waals surface area contributed by atoms with E-state index >= 15 is 0 Å². The van der Waals surface area contributed by atoms with Crippen LogP contribution in [-0.4, -0.2) is 10.2 Å². The van der Waals surface area contributed by atoms with Crippen LogP contribution in [0.1, 0.15) is 11.3 Å². The van der Waals surface area contributed by atoms with Crippen molar-refractivity contribution in [3.8, 4) is 16.6 Å². The highest BCUT2D eigenvalue weighted by atomic mass is 32.1. The zero-order valence-corrected chi connectivity index (χ0v) is 15.5. The highest BCUT2D eigenvalue weighted by molar-refractivity contribution is 7.22. The Morgan fingerprint density at radius 1 is 0.862 bits per heavy atom. The molecule has 0 fully saturated rings. The molecule has 3 aromatic carbocycles. The molecule has 0 saturated carbocycles. The second kappa shape index (κ2) is 6.26. The summed E-state index contributed by atoms with van der Waals surface area (Å²) in [7, 11) is 0. The monoisotopic (exact) mass is 405 g/mol. The Balaban J connectivity index is 1.96. The normalized spacial score (nSPS) is 11.9. The Kier molecular flexibility index (Phi) is 3.80. The van der Waals surface area contributed by atoms with Crippen molar-refractivity contribution in [3.63, 3.8) is 0 Å². The van der Waals surface area contributed by atoms with Crippen molar-refractivity contribution in [1.29, 1.82) is 5.26 Å². The maximum absolute atomic E-state index is 13.7. The molecule has 0 saturated heterocycles. The molecule has 0 bridgehead atoms. The van der Waals surface area contributed by atoms with Crippen LogP contribution >= 0.6 is 11.3 Å². The number of fused-ring (bicyclic) bond motifs is 3. The summed E-state index contributed by atoms with van der Waals surface area (Å²) in [6.07, 6.45) is -4.72. The molecule has 0 amide bonds. The largest absolute Gasteiger partial charge is 0.435 e. The van der Waals surface area contributed by atoms with Gasteiger partial charge >= 0.3 is 6.18 Å². The van der Waals surface area contributed by atoms with Crippen LogP contribution in [-0.2, 0) is 6.18 Å². The average Bonchev–Trinajstić information content (AvgIpc) is 3.14. The van der Waals surface area contributed by atoms with Crippen LogP contribution in [0.15, 0.2) is 60.7 Å². The Bertz CT molecular complexity index is 1430. The van der Waals surface area contributed by atoms with Crippen LogP contribution in [0.3, 0.4) is 0 Å². The van der Waals surface area contributed by atoms with Crippen LogP contribution in [0, 0.1) is 11.3 Å².